The van der Waals surface area contributed by atoms with Crippen LogP contribution in [-0.4, -0.2) is 9.97 Å². The molecule has 52 valence electrons. The zero-order valence-corrected chi connectivity index (χ0v) is 6.23. The van der Waals surface area contributed by atoms with Crippen molar-refractivity contribution in [2.24, 2.45) is 0 Å². The molecule has 0 aromatic carbocycles. The maximum absolute atomic E-state index is 5.65. The van der Waals surface area contributed by atoms with Crippen LogP contribution in [0.3, 0.4) is 0 Å². The first kappa shape index (κ1) is 6.10. The SMILES string of the molecule is Clc1cnc2c(n1)CCC2. The molecule has 0 radical (unpaired) electrons. The first-order chi connectivity index (χ1) is 4.86. The maximum Gasteiger partial charge on any atom is 0.147 e. The highest BCUT2D eigenvalue weighted by Crippen LogP contribution is 2.18. The molecule has 1 aliphatic rings. The molecule has 1 aliphatic carbocycles. The minimum Gasteiger partial charge on any atom is -0.256 e. The molecule has 10 heavy (non-hydrogen) atoms. The van der Waals surface area contributed by atoms with Gasteiger partial charge in [0.25, 0.3) is 0 Å². The monoisotopic (exact) mass is 154 g/mol. The van der Waals surface area contributed by atoms with E-state index < -0.39 is 0 Å². The van der Waals surface area contributed by atoms with Crippen LogP contribution in [0.2, 0.25) is 5.15 Å². The Morgan fingerprint density at radius 3 is 3.00 bits per heavy atom. The van der Waals surface area contributed by atoms with Crippen molar-refractivity contribution in [3.8, 4) is 0 Å². The van der Waals surface area contributed by atoms with Gasteiger partial charge in [0.1, 0.15) is 5.15 Å². The Morgan fingerprint density at radius 2 is 2.10 bits per heavy atom. The summed E-state index contributed by atoms with van der Waals surface area (Å²) in [6, 6.07) is 0. The van der Waals surface area contributed by atoms with Gasteiger partial charge >= 0.3 is 0 Å². The fraction of sp³-hybridized carbons (Fsp3) is 0.429. The van der Waals surface area contributed by atoms with E-state index in [1.165, 1.54) is 6.42 Å². The zero-order chi connectivity index (χ0) is 6.97. The summed E-state index contributed by atoms with van der Waals surface area (Å²) in [4.78, 5) is 8.32. The lowest BCUT2D eigenvalue weighted by Crippen LogP contribution is -1.91. The summed E-state index contributed by atoms with van der Waals surface area (Å²) in [6.45, 7) is 0. The Morgan fingerprint density at radius 1 is 1.30 bits per heavy atom. The quantitative estimate of drug-likeness (QED) is 0.568. The fourth-order valence-electron chi connectivity index (χ4n) is 1.26. The number of hydrogen-bond acceptors (Lipinski definition) is 2. The summed E-state index contributed by atoms with van der Waals surface area (Å²) in [6.07, 6.45) is 4.91. The van der Waals surface area contributed by atoms with Crippen LogP contribution in [0.5, 0.6) is 0 Å². The van der Waals surface area contributed by atoms with Crippen LogP contribution in [0.25, 0.3) is 0 Å². The minimum atomic E-state index is 0.514. The predicted molar refractivity (Wildman–Crippen MR) is 39.1 cm³/mol. The molecule has 1 heterocycles. The number of hydrogen-bond donors (Lipinski definition) is 0. The summed E-state index contributed by atoms with van der Waals surface area (Å²) in [7, 11) is 0. The van der Waals surface area contributed by atoms with Crippen molar-refractivity contribution in [1.82, 2.24) is 9.97 Å². The molecule has 0 N–H and O–H groups in total. The number of fused-ring (bicyclic) bond motifs is 1. The molecule has 2 nitrogen and oxygen atoms in total. The number of aromatic nitrogens is 2. The van der Waals surface area contributed by atoms with E-state index >= 15 is 0 Å². The second kappa shape index (κ2) is 2.20. The molecule has 0 aliphatic heterocycles. The van der Waals surface area contributed by atoms with E-state index in [2.05, 4.69) is 9.97 Å². The van der Waals surface area contributed by atoms with Gasteiger partial charge in [-0.05, 0) is 19.3 Å². The smallest absolute Gasteiger partial charge is 0.147 e. The molecule has 0 saturated heterocycles. The number of halogens is 1. The van der Waals surface area contributed by atoms with Gasteiger partial charge in [0, 0.05) is 0 Å². The van der Waals surface area contributed by atoms with Crippen LogP contribution in [0.15, 0.2) is 6.20 Å². The number of aryl methyl sites for hydroxylation is 2. The van der Waals surface area contributed by atoms with Crippen LogP contribution in [-0.2, 0) is 12.8 Å². The Balaban J connectivity index is 2.52. The third-order valence-electron chi connectivity index (χ3n) is 1.73. The normalized spacial score (nSPS) is 15.3. The van der Waals surface area contributed by atoms with E-state index in [0.717, 1.165) is 24.2 Å². The van der Waals surface area contributed by atoms with Crippen molar-refractivity contribution in [3.63, 3.8) is 0 Å². The largest absolute Gasteiger partial charge is 0.256 e. The van der Waals surface area contributed by atoms with Gasteiger partial charge in [-0.3, -0.25) is 4.98 Å². The highest BCUT2D eigenvalue weighted by molar-refractivity contribution is 6.29. The third kappa shape index (κ3) is 0.886. The highest BCUT2D eigenvalue weighted by Gasteiger charge is 2.12. The lowest BCUT2D eigenvalue weighted by molar-refractivity contribution is 0.893. The van der Waals surface area contributed by atoms with E-state index in [4.69, 9.17) is 11.6 Å². The summed E-state index contributed by atoms with van der Waals surface area (Å²) < 4.78 is 0. The Hall–Kier alpha value is -0.630. The Labute approximate surface area is 64.3 Å². The molecule has 0 unspecified atom stereocenters. The predicted octanol–water partition coefficient (Wildman–Crippen LogP) is 1.62. The van der Waals surface area contributed by atoms with E-state index in [-0.39, 0.29) is 0 Å². The van der Waals surface area contributed by atoms with Crippen molar-refractivity contribution in [3.05, 3.63) is 22.7 Å². The van der Waals surface area contributed by atoms with Crippen molar-refractivity contribution in [1.29, 1.82) is 0 Å². The van der Waals surface area contributed by atoms with Crippen LogP contribution in [0.1, 0.15) is 17.8 Å². The van der Waals surface area contributed by atoms with Gasteiger partial charge in [-0.1, -0.05) is 11.6 Å². The van der Waals surface area contributed by atoms with Gasteiger partial charge in [0.05, 0.1) is 17.6 Å². The summed E-state index contributed by atoms with van der Waals surface area (Å²) in [5.74, 6) is 0. The van der Waals surface area contributed by atoms with Gasteiger partial charge in [0.15, 0.2) is 0 Å². The van der Waals surface area contributed by atoms with Crippen LogP contribution in [0, 0.1) is 0 Å². The molecule has 2 rings (SSSR count). The number of rotatable bonds is 0. The molecular formula is C7H7ClN2. The van der Waals surface area contributed by atoms with E-state index in [1.807, 2.05) is 0 Å². The molecule has 0 fully saturated rings. The third-order valence-corrected chi connectivity index (χ3v) is 1.91. The van der Waals surface area contributed by atoms with Crippen molar-refractivity contribution >= 4 is 11.6 Å². The van der Waals surface area contributed by atoms with E-state index in [1.54, 1.807) is 6.20 Å². The standard InChI is InChI=1S/C7H7ClN2/c8-7-4-9-5-2-1-3-6(5)10-7/h4H,1-3H2. The molecule has 0 amide bonds. The van der Waals surface area contributed by atoms with E-state index in [0.29, 0.717) is 5.15 Å². The molecule has 1 aromatic rings. The van der Waals surface area contributed by atoms with Crippen LogP contribution in [0.4, 0.5) is 0 Å². The molecule has 3 heteroatoms. The molecule has 0 spiro atoms. The average molecular weight is 155 g/mol. The molecule has 1 aromatic heterocycles. The first-order valence-corrected chi connectivity index (χ1v) is 3.74. The van der Waals surface area contributed by atoms with Crippen LogP contribution >= 0.6 is 11.6 Å². The number of nitrogens with zero attached hydrogens (tertiary/aromatic N) is 2. The molecule has 0 atom stereocenters. The van der Waals surface area contributed by atoms with Crippen molar-refractivity contribution in [2.45, 2.75) is 19.3 Å². The zero-order valence-electron chi connectivity index (χ0n) is 5.47. The van der Waals surface area contributed by atoms with Gasteiger partial charge in [-0.25, -0.2) is 4.98 Å². The molecule has 0 saturated carbocycles. The van der Waals surface area contributed by atoms with Crippen molar-refractivity contribution in [2.75, 3.05) is 0 Å². The first-order valence-electron chi connectivity index (χ1n) is 3.36. The summed E-state index contributed by atoms with van der Waals surface area (Å²) in [5.41, 5.74) is 2.22. The van der Waals surface area contributed by atoms with E-state index in [9.17, 15) is 0 Å². The van der Waals surface area contributed by atoms with Crippen LogP contribution < -0.4 is 0 Å². The maximum atomic E-state index is 5.65. The lowest BCUT2D eigenvalue weighted by atomic mass is 10.4. The van der Waals surface area contributed by atoms with Crippen molar-refractivity contribution < 1.29 is 0 Å². The highest BCUT2D eigenvalue weighted by atomic mass is 35.5. The topological polar surface area (TPSA) is 25.8 Å². The lowest BCUT2D eigenvalue weighted by Gasteiger charge is -1.94. The Bertz CT molecular complexity index is 260. The van der Waals surface area contributed by atoms with Gasteiger partial charge in [0.2, 0.25) is 0 Å². The summed E-state index contributed by atoms with van der Waals surface area (Å²) in [5, 5.41) is 0.514. The van der Waals surface area contributed by atoms with Gasteiger partial charge in [-0.2, -0.15) is 0 Å². The van der Waals surface area contributed by atoms with Gasteiger partial charge in [-0.15, -0.1) is 0 Å². The Kier molecular flexibility index (Phi) is 1.34. The van der Waals surface area contributed by atoms with Gasteiger partial charge < -0.3 is 0 Å². The average Bonchev–Trinajstić information content (AvgIpc) is 2.33. The molecular weight excluding hydrogens is 148 g/mol. The summed E-state index contributed by atoms with van der Waals surface area (Å²) >= 11 is 5.65. The fourth-order valence-corrected chi connectivity index (χ4v) is 1.41. The molecule has 0 bridgehead atoms. The minimum absolute atomic E-state index is 0.514. The second-order valence-corrected chi connectivity index (χ2v) is 2.83. The second-order valence-electron chi connectivity index (χ2n) is 2.44.